The molecule has 2 aromatic heterocycles. The Morgan fingerprint density at radius 2 is 1.78 bits per heavy atom. The van der Waals surface area contributed by atoms with Gasteiger partial charge in [-0.2, -0.15) is 10.5 Å². The van der Waals surface area contributed by atoms with Crippen LogP contribution in [0.4, 0.5) is 11.5 Å². The largest absolute Gasteiger partial charge is 0.383 e. The van der Waals surface area contributed by atoms with E-state index in [1.807, 2.05) is 6.07 Å². The van der Waals surface area contributed by atoms with Gasteiger partial charge in [0.15, 0.2) is 0 Å². The van der Waals surface area contributed by atoms with E-state index in [1.165, 1.54) is 24.3 Å². The van der Waals surface area contributed by atoms with Crippen molar-refractivity contribution in [1.29, 1.82) is 10.5 Å². The molecule has 1 aromatic carbocycles. The summed E-state index contributed by atoms with van der Waals surface area (Å²) in [6, 6.07) is 14.9. The minimum Gasteiger partial charge on any atom is -0.383 e. The highest BCUT2D eigenvalue weighted by molar-refractivity contribution is 7.99. The van der Waals surface area contributed by atoms with Gasteiger partial charge in [-0.3, -0.25) is 10.1 Å². The van der Waals surface area contributed by atoms with E-state index in [0.29, 0.717) is 21.2 Å². The molecule has 0 unspecified atom stereocenters. The topological polar surface area (TPSA) is 143 Å². The maximum absolute atomic E-state index is 10.9. The number of nitriles is 2. The first-order chi connectivity index (χ1) is 13.0. The van der Waals surface area contributed by atoms with Crippen molar-refractivity contribution in [3.8, 4) is 23.3 Å². The Kier molecular flexibility index (Phi) is 4.97. The summed E-state index contributed by atoms with van der Waals surface area (Å²) in [4.78, 5) is 18.7. The molecular weight excluding hydrogens is 364 g/mol. The Balaban J connectivity index is 2.21. The van der Waals surface area contributed by atoms with Crippen molar-refractivity contribution < 1.29 is 4.92 Å². The minimum atomic E-state index is -0.524. The molecule has 0 atom stereocenters. The Morgan fingerprint density at radius 3 is 2.33 bits per heavy atom. The number of non-ortho nitro benzene ring substituents is 1. The van der Waals surface area contributed by atoms with Gasteiger partial charge in [0.05, 0.1) is 10.5 Å². The van der Waals surface area contributed by atoms with Crippen molar-refractivity contribution in [2.45, 2.75) is 10.1 Å². The zero-order chi connectivity index (χ0) is 19.4. The highest BCUT2D eigenvalue weighted by Gasteiger charge is 2.21. The quantitative estimate of drug-likeness (QED) is 0.539. The molecule has 0 saturated carbocycles. The van der Waals surface area contributed by atoms with E-state index in [0.717, 1.165) is 11.8 Å². The molecular formula is C18H10N6O2S. The van der Waals surface area contributed by atoms with Crippen molar-refractivity contribution in [1.82, 2.24) is 9.97 Å². The molecule has 2 heterocycles. The standard InChI is InChI=1S/C18H10N6O2S/c19-9-13-16(11-4-6-12(7-5-11)24(25)26)14(10-20)18(23-17(13)21)27-15-3-1-2-8-22-15/h1-8H,(H2,21,23). The number of benzene rings is 1. The van der Waals surface area contributed by atoms with Crippen molar-refractivity contribution in [2.75, 3.05) is 5.73 Å². The summed E-state index contributed by atoms with van der Waals surface area (Å²) in [6.07, 6.45) is 1.61. The van der Waals surface area contributed by atoms with Crippen molar-refractivity contribution in [2.24, 2.45) is 0 Å². The number of hydrogen-bond donors (Lipinski definition) is 1. The smallest absolute Gasteiger partial charge is 0.269 e. The fourth-order valence-corrected chi connectivity index (χ4v) is 3.27. The van der Waals surface area contributed by atoms with Gasteiger partial charge in [-0.15, -0.1) is 0 Å². The third kappa shape index (κ3) is 3.54. The molecule has 9 heteroatoms. The third-order valence-electron chi connectivity index (χ3n) is 3.62. The van der Waals surface area contributed by atoms with Gasteiger partial charge in [0.25, 0.3) is 5.69 Å². The molecule has 0 aliphatic rings. The fourth-order valence-electron chi connectivity index (χ4n) is 2.42. The molecule has 27 heavy (non-hydrogen) atoms. The van der Waals surface area contributed by atoms with Gasteiger partial charge in [-0.25, -0.2) is 9.97 Å². The van der Waals surface area contributed by atoms with Crippen LogP contribution in [0.15, 0.2) is 58.7 Å². The molecule has 3 rings (SSSR count). The van der Waals surface area contributed by atoms with Crippen LogP contribution in [0.5, 0.6) is 0 Å². The number of hydrogen-bond acceptors (Lipinski definition) is 8. The van der Waals surface area contributed by atoms with Gasteiger partial charge in [0, 0.05) is 23.9 Å². The van der Waals surface area contributed by atoms with Crippen LogP contribution in [-0.2, 0) is 0 Å². The summed E-state index contributed by atoms with van der Waals surface area (Å²) in [5.74, 6) is -0.0247. The highest BCUT2D eigenvalue weighted by atomic mass is 32.2. The van der Waals surface area contributed by atoms with Crippen LogP contribution >= 0.6 is 11.8 Å². The average Bonchev–Trinajstić information content (AvgIpc) is 2.68. The van der Waals surface area contributed by atoms with Crippen LogP contribution < -0.4 is 5.73 Å². The number of nitro groups is 1. The zero-order valence-corrected chi connectivity index (χ0v) is 14.5. The van der Waals surface area contributed by atoms with Crippen LogP contribution in [0.1, 0.15) is 11.1 Å². The van der Waals surface area contributed by atoms with Crippen LogP contribution in [0.3, 0.4) is 0 Å². The molecule has 0 bridgehead atoms. The lowest BCUT2D eigenvalue weighted by Gasteiger charge is -2.12. The maximum atomic E-state index is 10.9. The molecule has 0 aliphatic carbocycles. The zero-order valence-electron chi connectivity index (χ0n) is 13.7. The number of aromatic nitrogens is 2. The highest BCUT2D eigenvalue weighted by Crippen LogP contribution is 2.37. The predicted molar refractivity (Wildman–Crippen MR) is 98.5 cm³/mol. The average molecular weight is 374 g/mol. The predicted octanol–water partition coefficient (Wildman–Crippen LogP) is 3.53. The Labute approximate surface area is 158 Å². The monoisotopic (exact) mass is 374 g/mol. The van der Waals surface area contributed by atoms with E-state index in [2.05, 4.69) is 16.0 Å². The van der Waals surface area contributed by atoms with E-state index in [-0.39, 0.29) is 22.6 Å². The molecule has 0 fully saturated rings. The van der Waals surface area contributed by atoms with Crippen LogP contribution in [0.2, 0.25) is 0 Å². The molecule has 0 spiro atoms. The second-order valence-electron chi connectivity index (χ2n) is 5.22. The molecule has 0 aliphatic heterocycles. The van der Waals surface area contributed by atoms with Crippen LogP contribution in [0, 0.1) is 32.8 Å². The molecule has 0 amide bonds. The first-order valence-corrected chi connectivity index (χ1v) is 8.34. The van der Waals surface area contributed by atoms with E-state index in [1.54, 1.807) is 24.4 Å². The minimum absolute atomic E-state index is 0.0247. The Bertz CT molecular complexity index is 1100. The number of nitro benzene ring substituents is 1. The van der Waals surface area contributed by atoms with E-state index in [9.17, 15) is 20.6 Å². The van der Waals surface area contributed by atoms with Gasteiger partial charge in [0.2, 0.25) is 0 Å². The number of rotatable bonds is 4. The van der Waals surface area contributed by atoms with Gasteiger partial charge in [-0.05, 0) is 41.6 Å². The molecule has 0 radical (unpaired) electrons. The summed E-state index contributed by atoms with van der Waals surface area (Å²) in [7, 11) is 0. The van der Waals surface area contributed by atoms with E-state index >= 15 is 0 Å². The van der Waals surface area contributed by atoms with Crippen molar-refractivity contribution >= 4 is 23.3 Å². The normalized spacial score (nSPS) is 10.0. The number of nitrogens with two attached hydrogens (primary N) is 1. The van der Waals surface area contributed by atoms with Gasteiger partial charge in [-0.1, -0.05) is 6.07 Å². The van der Waals surface area contributed by atoms with Crippen molar-refractivity contribution in [3.05, 3.63) is 69.9 Å². The molecule has 2 N–H and O–H groups in total. The van der Waals surface area contributed by atoms with Gasteiger partial charge >= 0.3 is 0 Å². The number of anilines is 1. The fraction of sp³-hybridized carbons (Fsp3) is 0. The summed E-state index contributed by atoms with van der Waals surface area (Å²) >= 11 is 1.15. The second kappa shape index (κ2) is 7.52. The summed E-state index contributed by atoms with van der Waals surface area (Å²) in [6.45, 7) is 0. The third-order valence-corrected chi connectivity index (χ3v) is 4.56. The maximum Gasteiger partial charge on any atom is 0.269 e. The lowest BCUT2D eigenvalue weighted by molar-refractivity contribution is -0.384. The lowest BCUT2D eigenvalue weighted by atomic mass is 9.97. The Morgan fingerprint density at radius 1 is 1.07 bits per heavy atom. The molecule has 3 aromatic rings. The summed E-state index contributed by atoms with van der Waals surface area (Å²) < 4.78 is 0. The lowest BCUT2D eigenvalue weighted by Crippen LogP contribution is -2.03. The molecule has 0 saturated heterocycles. The number of nitrogen functional groups attached to an aromatic ring is 1. The van der Waals surface area contributed by atoms with Gasteiger partial charge < -0.3 is 5.73 Å². The summed E-state index contributed by atoms with van der Waals surface area (Å²) in [5.41, 5.74) is 6.80. The second-order valence-corrected chi connectivity index (χ2v) is 6.23. The van der Waals surface area contributed by atoms with Crippen LogP contribution in [-0.4, -0.2) is 14.9 Å². The van der Waals surface area contributed by atoms with Crippen molar-refractivity contribution in [3.63, 3.8) is 0 Å². The SMILES string of the molecule is N#Cc1c(N)nc(Sc2ccccn2)c(C#N)c1-c1ccc([N+](=O)[O-])cc1. The molecule has 8 nitrogen and oxygen atoms in total. The first kappa shape index (κ1) is 17.9. The summed E-state index contributed by atoms with van der Waals surface area (Å²) in [5, 5.41) is 31.0. The van der Waals surface area contributed by atoms with Crippen LogP contribution in [0.25, 0.3) is 11.1 Å². The Hall–Kier alpha value is -3.95. The first-order valence-electron chi connectivity index (χ1n) is 7.52. The molecule has 130 valence electrons. The van der Waals surface area contributed by atoms with E-state index in [4.69, 9.17) is 5.73 Å². The van der Waals surface area contributed by atoms with E-state index < -0.39 is 4.92 Å². The number of pyridine rings is 2. The van der Waals surface area contributed by atoms with Gasteiger partial charge in [0.1, 0.15) is 33.6 Å². The number of nitrogens with zero attached hydrogens (tertiary/aromatic N) is 5.